The highest BCUT2D eigenvalue weighted by Gasteiger charge is 2.44. The van der Waals surface area contributed by atoms with E-state index in [0.717, 1.165) is 12.1 Å². The van der Waals surface area contributed by atoms with E-state index in [-0.39, 0.29) is 18.3 Å². The van der Waals surface area contributed by atoms with Gasteiger partial charge in [-0.1, -0.05) is 6.07 Å². The van der Waals surface area contributed by atoms with Gasteiger partial charge in [-0.3, -0.25) is 4.90 Å². The topological polar surface area (TPSA) is 124 Å². The second-order valence-corrected chi connectivity index (χ2v) is 7.66. The van der Waals surface area contributed by atoms with Gasteiger partial charge < -0.3 is 10.0 Å². The molecule has 13 heteroatoms. The standard InChI is InChI=1S/C18H20F2N10O/c1-11(28-4-5-30-15(7-28)24-25-16-23-17(30)27-26-16)18(31,8-29-10-21-9-22-29)13-3-2-12(19)6-14(13)20/h2-3,6,9-11,15,31H,4-5,7-8H2,1H3,(H,23,26,27)/t11-,15?,18-/m1/s1. The summed E-state index contributed by atoms with van der Waals surface area (Å²) in [5.74, 6) is -0.690. The Labute approximate surface area is 175 Å². The molecule has 1 fully saturated rings. The number of hydrogen-bond donors (Lipinski definition) is 2. The van der Waals surface area contributed by atoms with Crippen molar-refractivity contribution in [2.24, 2.45) is 10.2 Å². The minimum atomic E-state index is -1.72. The number of hydrogen-bond acceptors (Lipinski definition) is 9. The number of aromatic nitrogens is 6. The number of rotatable bonds is 5. The van der Waals surface area contributed by atoms with Gasteiger partial charge in [-0.15, -0.1) is 10.2 Å². The van der Waals surface area contributed by atoms with E-state index < -0.39 is 23.3 Å². The fourth-order valence-corrected chi connectivity index (χ4v) is 4.15. The molecule has 0 radical (unpaired) electrons. The second kappa shape index (κ2) is 7.42. The molecule has 162 valence electrons. The summed E-state index contributed by atoms with van der Waals surface area (Å²) in [5.41, 5.74) is -1.73. The van der Waals surface area contributed by atoms with Crippen molar-refractivity contribution in [2.45, 2.75) is 31.3 Å². The Balaban J connectivity index is 1.46. The summed E-state index contributed by atoms with van der Waals surface area (Å²) in [6.45, 7) is 3.23. The number of piperazine rings is 1. The van der Waals surface area contributed by atoms with Gasteiger partial charge in [0.15, 0.2) is 6.17 Å². The van der Waals surface area contributed by atoms with E-state index in [1.54, 1.807) is 6.92 Å². The molecule has 2 aliphatic rings. The maximum absolute atomic E-state index is 14.8. The zero-order valence-corrected chi connectivity index (χ0v) is 16.6. The molecule has 1 unspecified atom stereocenters. The van der Waals surface area contributed by atoms with Gasteiger partial charge in [0.1, 0.15) is 29.9 Å². The molecule has 2 N–H and O–H groups in total. The molecular weight excluding hydrogens is 410 g/mol. The molecule has 5 rings (SSSR count). The molecule has 0 amide bonds. The van der Waals surface area contributed by atoms with Crippen molar-refractivity contribution in [2.75, 3.05) is 24.5 Å². The van der Waals surface area contributed by atoms with Crippen molar-refractivity contribution in [3.8, 4) is 0 Å². The average molecular weight is 430 g/mol. The lowest BCUT2D eigenvalue weighted by atomic mass is 9.85. The largest absolute Gasteiger partial charge is 0.381 e. The van der Waals surface area contributed by atoms with Gasteiger partial charge in [-0.05, 0) is 13.0 Å². The fraction of sp³-hybridized carbons (Fsp3) is 0.444. The summed E-state index contributed by atoms with van der Waals surface area (Å²) in [5, 5.41) is 31.1. The second-order valence-electron chi connectivity index (χ2n) is 7.66. The van der Waals surface area contributed by atoms with Gasteiger partial charge in [0, 0.05) is 37.3 Å². The predicted octanol–water partition coefficient (Wildman–Crippen LogP) is 1.20. The van der Waals surface area contributed by atoms with Crippen LogP contribution in [-0.4, -0.2) is 71.8 Å². The van der Waals surface area contributed by atoms with Gasteiger partial charge >= 0.3 is 0 Å². The first-order chi connectivity index (χ1) is 14.9. The first-order valence-electron chi connectivity index (χ1n) is 9.78. The Morgan fingerprint density at radius 3 is 2.97 bits per heavy atom. The molecule has 11 nitrogen and oxygen atoms in total. The predicted molar refractivity (Wildman–Crippen MR) is 103 cm³/mol. The van der Waals surface area contributed by atoms with Crippen molar-refractivity contribution in [3.05, 3.63) is 48.1 Å². The molecule has 1 aromatic carbocycles. The zero-order chi connectivity index (χ0) is 21.6. The number of H-pyrrole nitrogens is 1. The molecule has 31 heavy (non-hydrogen) atoms. The lowest BCUT2D eigenvalue weighted by molar-refractivity contribution is -0.0679. The van der Waals surface area contributed by atoms with Gasteiger partial charge in [0.25, 0.3) is 5.95 Å². The van der Waals surface area contributed by atoms with Crippen molar-refractivity contribution < 1.29 is 13.9 Å². The van der Waals surface area contributed by atoms with E-state index >= 15 is 0 Å². The van der Waals surface area contributed by atoms with Crippen LogP contribution in [0.4, 0.5) is 20.7 Å². The van der Waals surface area contributed by atoms with Crippen LogP contribution >= 0.6 is 0 Å². The number of nitrogens with one attached hydrogen (secondary N) is 1. The Morgan fingerprint density at radius 1 is 1.32 bits per heavy atom. The Morgan fingerprint density at radius 2 is 2.19 bits per heavy atom. The monoisotopic (exact) mass is 430 g/mol. The molecule has 0 spiro atoms. The van der Waals surface area contributed by atoms with Crippen LogP contribution in [-0.2, 0) is 12.1 Å². The van der Waals surface area contributed by atoms with Gasteiger partial charge in [-0.2, -0.15) is 15.2 Å². The van der Waals surface area contributed by atoms with Crippen molar-refractivity contribution in [3.63, 3.8) is 0 Å². The van der Waals surface area contributed by atoms with Crippen LogP contribution in [0.2, 0.25) is 0 Å². The third-order valence-electron chi connectivity index (χ3n) is 5.90. The van der Waals surface area contributed by atoms with E-state index in [1.807, 2.05) is 9.80 Å². The van der Waals surface area contributed by atoms with Crippen LogP contribution in [0.3, 0.4) is 0 Å². The van der Waals surface area contributed by atoms with E-state index in [9.17, 15) is 13.9 Å². The third kappa shape index (κ3) is 3.45. The number of aliphatic hydroxyl groups is 1. The molecule has 3 aromatic rings. The maximum atomic E-state index is 14.8. The first kappa shape index (κ1) is 19.6. The lowest BCUT2D eigenvalue weighted by Gasteiger charge is -2.46. The van der Waals surface area contributed by atoms with Gasteiger partial charge in [0.2, 0.25) is 5.95 Å². The van der Waals surface area contributed by atoms with Crippen LogP contribution in [0, 0.1) is 11.6 Å². The number of anilines is 1. The molecule has 2 aliphatic heterocycles. The number of aromatic amines is 1. The van der Waals surface area contributed by atoms with Gasteiger partial charge in [0.05, 0.1) is 6.54 Å². The number of nitrogens with zero attached hydrogens (tertiary/aromatic N) is 9. The maximum Gasteiger partial charge on any atom is 0.266 e. The quantitative estimate of drug-likeness (QED) is 0.623. The highest BCUT2D eigenvalue weighted by molar-refractivity contribution is 5.37. The van der Waals surface area contributed by atoms with Crippen molar-refractivity contribution in [1.82, 2.24) is 34.8 Å². The molecule has 0 aliphatic carbocycles. The van der Waals surface area contributed by atoms with Crippen LogP contribution in [0.15, 0.2) is 41.1 Å². The first-order valence-corrected chi connectivity index (χ1v) is 9.78. The van der Waals surface area contributed by atoms with Crippen LogP contribution in [0.1, 0.15) is 12.5 Å². The summed E-state index contributed by atoms with van der Waals surface area (Å²) < 4.78 is 29.8. The van der Waals surface area contributed by atoms with Crippen LogP contribution in [0.5, 0.6) is 0 Å². The highest BCUT2D eigenvalue weighted by Crippen LogP contribution is 2.34. The fourth-order valence-electron chi connectivity index (χ4n) is 4.15. The molecule has 1 saturated heterocycles. The van der Waals surface area contributed by atoms with Gasteiger partial charge in [-0.25, -0.2) is 23.5 Å². The Bertz CT molecular complexity index is 1100. The summed E-state index contributed by atoms with van der Waals surface area (Å²) in [7, 11) is 0. The van der Waals surface area contributed by atoms with E-state index in [2.05, 4.69) is 35.5 Å². The average Bonchev–Trinajstić information content (AvgIpc) is 3.39. The zero-order valence-electron chi connectivity index (χ0n) is 16.6. The third-order valence-corrected chi connectivity index (χ3v) is 5.90. The summed E-state index contributed by atoms with van der Waals surface area (Å²) in [4.78, 5) is 12.1. The Kier molecular flexibility index (Phi) is 4.70. The normalized spacial score (nSPS) is 21.4. The van der Waals surface area contributed by atoms with E-state index in [1.165, 1.54) is 23.4 Å². The highest BCUT2D eigenvalue weighted by atomic mass is 19.1. The number of azo groups is 1. The molecular formula is C18H20F2N10O. The van der Waals surface area contributed by atoms with Crippen LogP contribution in [0.25, 0.3) is 0 Å². The molecule has 2 aromatic heterocycles. The number of benzene rings is 1. The molecule has 0 saturated carbocycles. The lowest BCUT2D eigenvalue weighted by Crippen LogP contribution is -2.60. The molecule has 3 atom stereocenters. The SMILES string of the molecule is C[C@@H](N1CCN2c3n[nH]c(n3)N=NC2C1)[C@](O)(Cn1cncn1)c1ccc(F)cc1F. The minimum Gasteiger partial charge on any atom is -0.381 e. The summed E-state index contributed by atoms with van der Waals surface area (Å²) in [6, 6.07) is 2.61. The van der Waals surface area contributed by atoms with Crippen molar-refractivity contribution >= 4 is 11.9 Å². The van der Waals surface area contributed by atoms with Crippen LogP contribution < -0.4 is 4.90 Å². The minimum absolute atomic E-state index is 0.0139. The number of halogens is 2. The molecule has 2 bridgehead atoms. The summed E-state index contributed by atoms with van der Waals surface area (Å²) >= 11 is 0. The smallest absolute Gasteiger partial charge is 0.266 e. The Hall–Kier alpha value is -3.32. The summed E-state index contributed by atoms with van der Waals surface area (Å²) in [6.07, 6.45) is 2.42. The number of fused-ring (bicyclic) bond motifs is 4. The van der Waals surface area contributed by atoms with E-state index in [4.69, 9.17) is 0 Å². The van der Waals surface area contributed by atoms with Crippen molar-refractivity contribution in [1.29, 1.82) is 0 Å². The molecule has 4 heterocycles. The van der Waals surface area contributed by atoms with E-state index in [0.29, 0.717) is 31.5 Å².